The van der Waals surface area contributed by atoms with Gasteiger partial charge in [-0.15, -0.1) is 0 Å². The van der Waals surface area contributed by atoms with Crippen LogP contribution in [0.3, 0.4) is 0 Å². The highest BCUT2D eigenvalue weighted by Crippen LogP contribution is 2.26. The van der Waals surface area contributed by atoms with E-state index < -0.39 is 5.60 Å². The molecule has 1 aromatic rings. The van der Waals surface area contributed by atoms with Gasteiger partial charge in [-0.05, 0) is 19.8 Å². The Kier molecular flexibility index (Phi) is 4.18. The van der Waals surface area contributed by atoms with E-state index in [-0.39, 0.29) is 0 Å². The molecule has 1 aliphatic carbocycles. The molecule has 0 aromatic carbocycles. The lowest BCUT2D eigenvalue weighted by Gasteiger charge is -2.26. The van der Waals surface area contributed by atoms with Crippen molar-refractivity contribution in [2.24, 2.45) is 0 Å². The van der Waals surface area contributed by atoms with Gasteiger partial charge in [-0.3, -0.25) is 5.10 Å². The van der Waals surface area contributed by atoms with Gasteiger partial charge in [0.2, 0.25) is 0 Å². The van der Waals surface area contributed by atoms with Crippen LogP contribution in [-0.4, -0.2) is 27.4 Å². The summed E-state index contributed by atoms with van der Waals surface area (Å²) >= 11 is 0. The van der Waals surface area contributed by atoms with Crippen molar-refractivity contribution < 1.29 is 5.11 Å². The predicted octanol–water partition coefficient (Wildman–Crippen LogP) is 1.89. The monoisotopic (exact) mass is 237 g/mol. The second-order valence-corrected chi connectivity index (χ2v) is 5.26. The molecule has 17 heavy (non-hydrogen) atoms. The molecule has 2 rings (SSSR count). The standard InChI is InChI=1S/C13H23N3O/c1-11-12(9-15-16-11)8-14-10-13(17)6-4-2-3-5-7-13/h9,14,17H,2-8,10H2,1H3,(H,15,16). The van der Waals surface area contributed by atoms with Gasteiger partial charge in [0.1, 0.15) is 0 Å². The molecule has 0 saturated heterocycles. The molecule has 0 spiro atoms. The van der Waals surface area contributed by atoms with Gasteiger partial charge < -0.3 is 10.4 Å². The summed E-state index contributed by atoms with van der Waals surface area (Å²) in [5.74, 6) is 0. The number of rotatable bonds is 4. The summed E-state index contributed by atoms with van der Waals surface area (Å²) in [7, 11) is 0. The lowest BCUT2D eigenvalue weighted by Crippen LogP contribution is -2.39. The first-order valence-corrected chi connectivity index (χ1v) is 6.62. The van der Waals surface area contributed by atoms with Gasteiger partial charge in [-0.1, -0.05) is 25.7 Å². The van der Waals surface area contributed by atoms with E-state index in [1.54, 1.807) is 0 Å². The molecular weight excluding hydrogens is 214 g/mol. The fraction of sp³-hybridized carbons (Fsp3) is 0.769. The van der Waals surface area contributed by atoms with Crippen molar-refractivity contribution in [3.05, 3.63) is 17.5 Å². The minimum Gasteiger partial charge on any atom is -0.389 e. The quantitative estimate of drug-likeness (QED) is 0.701. The largest absolute Gasteiger partial charge is 0.389 e. The number of aliphatic hydroxyl groups is 1. The highest BCUT2D eigenvalue weighted by molar-refractivity contribution is 5.13. The molecule has 0 aliphatic heterocycles. The molecule has 0 unspecified atom stereocenters. The second-order valence-electron chi connectivity index (χ2n) is 5.26. The van der Waals surface area contributed by atoms with E-state index in [1.807, 2.05) is 13.1 Å². The first-order chi connectivity index (χ1) is 8.20. The lowest BCUT2D eigenvalue weighted by atomic mass is 9.94. The van der Waals surface area contributed by atoms with Crippen LogP contribution >= 0.6 is 0 Å². The summed E-state index contributed by atoms with van der Waals surface area (Å²) in [5, 5.41) is 20.7. The Labute approximate surface area is 103 Å². The molecule has 0 radical (unpaired) electrons. The van der Waals surface area contributed by atoms with E-state index in [9.17, 15) is 5.11 Å². The van der Waals surface area contributed by atoms with Gasteiger partial charge in [0.05, 0.1) is 11.8 Å². The van der Waals surface area contributed by atoms with E-state index in [0.717, 1.165) is 37.9 Å². The summed E-state index contributed by atoms with van der Waals surface area (Å²) in [6.45, 7) is 3.49. The zero-order valence-electron chi connectivity index (χ0n) is 10.6. The van der Waals surface area contributed by atoms with Crippen molar-refractivity contribution in [2.45, 2.75) is 57.6 Å². The third kappa shape index (κ3) is 3.54. The smallest absolute Gasteiger partial charge is 0.0771 e. The Hall–Kier alpha value is -0.870. The van der Waals surface area contributed by atoms with Crippen molar-refractivity contribution in [3.8, 4) is 0 Å². The maximum absolute atomic E-state index is 10.5. The number of nitrogens with one attached hydrogen (secondary N) is 2. The summed E-state index contributed by atoms with van der Waals surface area (Å²) in [6.07, 6.45) is 8.56. The summed E-state index contributed by atoms with van der Waals surface area (Å²) in [4.78, 5) is 0. The minimum absolute atomic E-state index is 0.492. The zero-order valence-corrected chi connectivity index (χ0v) is 10.6. The van der Waals surface area contributed by atoms with Gasteiger partial charge in [-0.2, -0.15) is 5.10 Å². The van der Waals surface area contributed by atoms with Crippen LogP contribution in [0.25, 0.3) is 0 Å². The molecule has 96 valence electrons. The van der Waals surface area contributed by atoms with Gasteiger partial charge in [0.25, 0.3) is 0 Å². The normalized spacial score (nSPS) is 20.1. The van der Waals surface area contributed by atoms with E-state index in [0.29, 0.717) is 6.54 Å². The van der Waals surface area contributed by atoms with Gasteiger partial charge in [-0.25, -0.2) is 0 Å². The van der Waals surface area contributed by atoms with Crippen LogP contribution in [0.5, 0.6) is 0 Å². The van der Waals surface area contributed by atoms with Crippen LogP contribution in [-0.2, 0) is 6.54 Å². The maximum Gasteiger partial charge on any atom is 0.0771 e. The van der Waals surface area contributed by atoms with Crippen molar-refractivity contribution in [1.29, 1.82) is 0 Å². The second kappa shape index (κ2) is 5.65. The molecular formula is C13H23N3O. The number of aromatic nitrogens is 2. The number of hydrogen-bond donors (Lipinski definition) is 3. The van der Waals surface area contributed by atoms with Crippen LogP contribution in [0.4, 0.5) is 0 Å². The van der Waals surface area contributed by atoms with E-state index in [2.05, 4.69) is 15.5 Å². The SMILES string of the molecule is Cc1[nH]ncc1CNCC1(O)CCCCCC1. The van der Waals surface area contributed by atoms with Crippen LogP contribution in [0.15, 0.2) is 6.20 Å². The molecule has 1 heterocycles. The Morgan fingerprint density at radius 2 is 2.06 bits per heavy atom. The Balaban J connectivity index is 1.79. The molecule has 0 bridgehead atoms. The molecule has 1 fully saturated rings. The highest BCUT2D eigenvalue weighted by atomic mass is 16.3. The van der Waals surface area contributed by atoms with Crippen LogP contribution in [0, 0.1) is 6.92 Å². The third-order valence-electron chi connectivity index (χ3n) is 3.74. The molecule has 4 nitrogen and oxygen atoms in total. The third-order valence-corrected chi connectivity index (χ3v) is 3.74. The van der Waals surface area contributed by atoms with Gasteiger partial charge in [0, 0.05) is 24.3 Å². The molecule has 0 amide bonds. The fourth-order valence-corrected chi connectivity index (χ4v) is 2.55. The van der Waals surface area contributed by atoms with Crippen molar-refractivity contribution in [1.82, 2.24) is 15.5 Å². The topological polar surface area (TPSA) is 60.9 Å². The Morgan fingerprint density at radius 3 is 2.65 bits per heavy atom. The number of nitrogens with zero attached hydrogens (tertiary/aromatic N) is 1. The highest BCUT2D eigenvalue weighted by Gasteiger charge is 2.27. The summed E-state index contributed by atoms with van der Waals surface area (Å²) < 4.78 is 0. The predicted molar refractivity (Wildman–Crippen MR) is 67.7 cm³/mol. The molecule has 4 heteroatoms. The maximum atomic E-state index is 10.5. The molecule has 3 N–H and O–H groups in total. The van der Waals surface area contributed by atoms with Gasteiger partial charge >= 0.3 is 0 Å². The zero-order chi connectivity index (χ0) is 12.1. The Bertz CT molecular complexity index is 340. The number of hydrogen-bond acceptors (Lipinski definition) is 3. The van der Waals surface area contributed by atoms with Crippen LogP contribution in [0.2, 0.25) is 0 Å². The summed E-state index contributed by atoms with van der Waals surface area (Å²) in [5.41, 5.74) is 1.79. The number of aromatic amines is 1. The van der Waals surface area contributed by atoms with E-state index >= 15 is 0 Å². The average Bonchev–Trinajstić information content (AvgIpc) is 2.58. The average molecular weight is 237 g/mol. The molecule has 0 atom stereocenters. The fourth-order valence-electron chi connectivity index (χ4n) is 2.55. The van der Waals surface area contributed by atoms with Crippen molar-refractivity contribution in [2.75, 3.05) is 6.54 Å². The first kappa shape index (κ1) is 12.6. The van der Waals surface area contributed by atoms with Crippen molar-refractivity contribution in [3.63, 3.8) is 0 Å². The van der Waals surface area contributed by atoms with Crippen LogP contribution in [0.1, 0.15) is 49.8 Å². The number of H-pyrrole nitrogens is 1. The van der Waals surface area contributed by atoms with E-state index in [4.69, 9.17) is 0 Å². The molecule has 1 saturated carbocycles. The van der Waals surface area contributed by atoms with Crippen LogP contribution < -0.4 is 5.32 Å². The first-order valence-electron chi connectivity index (χ1n) is 6.62. The van der Waals surface area contributed by atoms with E-state index in [1.165, 1.54) is 18.4 Å². The summed E-state index contributed by atoms with van der Waals surface area (Å²) in [6, 6.07) is 0. The van der Waals surface area contributed by atoms with Crippen molar-refractivity contribution >= 4 is 0 Å². The van der Waals surface area contributed by atoms with Gasteiger partial charge in [0.15, 0.2) is 0 Å². The Morgan fingerprint density at radius 1 is 1.35 bits per heavy atom. The number of aryl methyl sites for hydroxylation is 1. The lowest BCUT2D eigenvalue weighted by molar-refractivity contribution is 0.0250. The molecule has 1 aliphatic rings. The molecule has 1 aromatic heterocycles. The minimum atomic E-state index is -0.492.